The second-order valence-corrected chi connectivity index (χ2v) is 5.47. The first-order valence-electron chi connectivity index (χ1n) is 7.71. The number of benzene rings is 1. The summed E-state index contributed by atoms with van der Waals surface area (Å²) in [6.07, 6.45) is 0. The third-order valence-electron chi connectivity index (χ3n) is 3.93. The average molecular weight is 334 g/mol. The third kappa shape index (κ3) is 3.58. The van der Waals surface area contributed by atoms with E-state index in [-0.39, 0.29) is 18.0 Å². The lowest BCUT2D eigenvalue weighted by atomic mass is 9.96. The molecule has 1 aliphatic heterocycles. The van der Waals surface area contributed by atoms with E-state index in [4.69, 9.17) is 9.84 Å². The smallest absolute Gasteiger partial charge is 0.290 e. The molecular weight excluding hydrogens is 312 g/mol. The number of Topliss-reactive ketones (excluding diaryl/α,β-unsaturated/α-hetero) is 1. The lowest BCUT2D eigenvalue weighted by Gasteiger charge is -2.26. The number of carbonyl (C=O) groups is 2. The van der Waals surface area contributed by atoms with Crippen LogP contribution in [0.3, 0.4) is 0 Å². The van der Waals surface area contributed by atoms with Crippen LogP contribution in [0.25, 0.3) is 0 Å². The Morgan fingerprint density at radius 2 is 1.96 bits per heavy atom. The van der Waals surface area contributed by atoms with Gasteiger partial charge in [0.1, 0.15) is 5.75 Å². The van der Waals surface area contributed by atoms with Crippen molar-refractivity contribution in [3.05, 3.63) is 41.2 Å². The van der Waals surface area contributed by atoms with Gasteiger partial charge in [0.05, 0.1) is 25.3 Å². The molecule has 24 heavy (non-hydrogen) atoms. The quantitative estimate of drug-likeness (QED) is 0.601. The first-order chi connectivity index (χ1) is 11.5. The number of carbonyl (C=O) groups excluding carboxylic acids is 2. The standard InChI is InChI=1S/C17H22N2O5/c1-11(21)14-15(12-3-5-13(24-2)6-4-12)19(17(23)16(14)22)9-7-18-8-10-20/h3-6,15,18,20,22H,7-10H2,1-2H3. The Bertz CT molecular complexity index is 639. The topological polar surface area (TPSA) is 99.1 Å². The van der Waals surface area contributed by atoms with E-state index in [0.29, 0.717) is 25.4 Å². The molecule has 0 bridgehead atoms. The first-order valence-corrected chi connectivity index (χ1v) is 7.71. The predicted octanol–water partition coefficient (Wildman–Crippen LogP) is 0.562. The van der Waals surface area contributed by atoms with Crippen LogP contribution in [-0.4, -0.2) is 60.2 Å². The minimum absolute atomic E-state index is 0.00193. The van der Waals surface area contributed by atoms with Gasteiger partial charge in [-0.2, -0.15) is 0 Å². The van der Waals surface area contributed by atoms with Crippen molar-refractivity contribution in [3.63, 3.8) is 0 Å². The van der Waals surface area contributed by atoms with E-state index in [1.807, 2.05) is 0 Å². The maximum Gasteiger partial charge on any atom is 0.290 e. The highest BCUT2D eigenvalue weighted by molar-refractivity contribution is 6.08. The summed E-state index contributed by atoms with van der Waals surface area (Å²) < 4.78 is 5.12. The summed E-state index contributed by atoms with van der Waals surface area (Å²) in [4.78, 5) is 25.8. The van der Waals surface area contributed by atoms with Gasteiger partial charge in [0.2, 0.25) is 0 Å². The van der Waals surface area contributed by atoms with Gasteiger partial charge in [-0.25, -0.2) is 0 Å². The summed E-state index contributed by atoms with van der Waals surface area (Å²) in [6.45, 7) is 2.49. The van der Waals surface area contributed by atoms with Gasteiger partial charge >= 0.3 is 0 Å². The van der Waals surface area contributed by atoms with Crippen molar-refractivity contribution < 1.29 is 24.5 Å². The molecule has 1 atom stereocenters. The Morgan fingerprint density at radius 1 is 1.29 bits per heavy atom. The largest absolute Gasteiger partial charge is 0.503 e. The fourth-order valence-corrected chi connectivity index (χ4v) is 2.78. The number of aliphatic hydroxyl groups excluding tert-OH is 2. The molecule has 0 saturated heterocycles. The molecule has 0 spiro atoms. The van der Waals surface area contributed by atoms with E-state index in [1.54, 1.807) is 31.4 Å². The highest BCUT2D eigenvalue weighted by atomic mass is 16.5. The summed E-state index contributed by atoms with van der Waals surface area (Å²) in [7, 11) is 1.56. The fraction of sp³-hybridized carbons (Fsp3) is 0.412. The van der Waals surface area contributed by atoms with Crippen LogP contribution in [0.2, 0.25) is 0 Å². The zero-order valence-corrected chi connectivity index (χ0v) is 13.8. The maximum absolute atomic E-state index is 12.4. The van der Waals surface area contributed by atoms with Crippen molar-refractivity contribution in [3.8, 4) is 5.75 Å². The molecule has 1 heterocycles. The zero-order valence-electron chi connectivity index (χ0n) is 13.8. The van der Waals surface area contributed by atoms with Gasteiger partial charge in [-0.1, -0.05) is 12.1 Å². The van der Waals surface area contributed by atoms with Crippen molar-refractivity contribution in [1.29, 1.82) is 0 Å². The number of nitrogens with one attached hydrogen (secondary N) is 1. The molecule has 7 nitrogen and oxygen atoms in total. The number of aliphatic hydroxyl groups is 2. The summed E-state index contributed by atoms with van der Waals surface area (Å²) in [5, 5.41) is 21.9. The van der Waals surface area contributed by atoms with Crippen LogP contribution in [0.1, 0.15) is 18.5 Å². The summed E-state index contributed by atoms with van der Waals surface area (Å²) in [5.41, 5.74) is 0.827. The molecular formula is C17H22N2O5. The molecule has 1 aromatic carbocycles. The average Bonchev–Trinajstić information content (AvgIpc) is 2.83. The number of methoxy groups -OCH3 is 1. The summed E-state index contributed by atoms with van der Waals surface area (Å²) in [6, 6.07) is 6.40. The molecule has 0 saturated carbocycles. The van der Waals surface area contributed by atoms with Gasteiger partial charge in [-0.3, -0.25) is 9.59 Å². The second-order valence-electron chi connectivity index (χ2n) is 5.47. The molecule has 1 aromatic rings. The molecule has 7 heteroatoms. The number of ether oxygens (including phenoxy) is 1. The Labute approximate surface area is 140 Å². The summed E-state index contributed by atoms with van der Waals surface area (Å²) in [5.74, 6) is -0.735. The van der Waals surface area contributed by atoms with Gasteiger partial charge in [0.15, 0.2) is 11.5 Å². The number of hydrogen-bond donors (Lipinski definition) is 3. The van der Waals surface area contributed by atoms with Crippen molar-refractivity contribution in [1.82, 2.24) is 10.2 Å². The van der Waals surface area contributed by atoms with Crippen molar-refractivity contribution in [2.24, 2.45) is 0 Å². The number of amides is 1. The molecule has 0 fully saturated rings. The monoisotopic (exact) mass is 334 g/mol. The van der Waals surface area contributed by atoms with E-state index < -0.39 is 17.7 Å². The van der Waals surface area contributed by atoms with E-state index in [1.165, 1.54) is 11.8 Å². The van der Waals surface area contributed by atoms with Crippen molar-refractivity contribution in [2.45, 2.75) is 13.0 Å². The van der Waals surface area contributed by atoms with Crippen LogP contribution < -0.4 is 10.1 Å². The fourth-order valence-electron chi connectivity index (χ4n) is 2.78. The number of hydrogen-bond acceptors (Lipinski definition) is 6. The lowest BCUT2D eigenvalue weighted by Crippen LogP contribution is -2.37. The van der Waals surface area contributed by atoms with E-state index in [0.717, 1.165) is 5.56 Å². The molecule has 1 amide bonds. The summed E-state index contributed by atoms with van der Waals surface area (Å²) >= 11 is 0. The van der Waals surface area contributed by atoms with Crippen molar-refractivity contribution in [2.75, 3.05) is 33.4 Å². The predicted molar refractivity (Wildman–Crippen MR) is 87.7 cm³/mol. The Hall–Kier alpha value is -2.38. The van der Waals surface area contributed by atoms with Crippen LogP contribution in [-0.2, 0) is 9.59 Å². The number of nitrogens with zero attached hydrogens (tertiary/aromatic N) is 1. The van der Waals surface area contributed by atoms with Crippen LogP contribution in [0.15, 0.2) is 35.6 Å². The molecule has 0 aliphatic carbocycles. The van der Waals surface area contributed by atoms with Gasteiger partial charge < -0.3 is 25.2 Å². The van der Waals surface area contributed by atoms with Gasteiger partial charge in [0, 0.05) is 19.6 Å². The minimum atomic E-state index is -0.628. The number of ketones is 1. The Balaban J connectivity index is 2.31. The van der Waals surface area contributed by atoms with Crippen LogP contribution in [0.5, 0.6) is 5.75 Å². The lowest BCUT2D eigenvalue weighted by molar-refractivity contribution is -0.129. The highest BCUT2D eigenvalue weighted by Gasteiger charge is 2.41. The Morgan fingerprint density at radius 3 is 2.50 bits per heavy atom. The molecule has 0 aromatic heterocycles. The molecule has 0 radical (unpaired) electrons. The van der Waals surface area contributed by atoms with Crippen LogP contribution >= 0.6 is 0 Å². The minimum Gasteiger partial charge on any atom is -0.503 e. The molecule has 130 valence electrons. The van der Waals surface area contributed by atoms with E-state index >= 15 is 0 Å². The molecule has 2 rings (SSSR count). The van der Waals surface area contributed by atoms with Crippen LogP contribution in [0.4, 0.5) is 0 Å². The molecule has 3 N–H and O–H groups in total. The van der Waals surface area contributed by atoms with Gasteiger partial charge in [-0.05, 0) is 24.6 Å². The third-order valence-corrected chi connectivity index (χ3v) is 3.93. The first kappa shape index (κ1) is 18.0. The van der Waals surface area contributed by atoms with Crippen molar-refractivity contribution >= 4 is 11.7 Å². The van der Waals surface area contributed by atoms with Gasteiger partial charge in [0.25, 0.3) is 5.91 Å². The number of rotatable bonds is 8. The van der Waals surface area contributed by atoms with Crippen LogP contribution in [0, 0.1) is 0 Å². The molecule has 1 unspecified atom stereocenters. The normalized spacial score (nSPS) is 17.5. The second kappa shape index (κ2) is 7.94. The highest BCUT2D eigenvalue weighted by Crippen LogP contribution is 2.37. The zero-order chi connectivity index (χ0) is 17.7. The van der Waals surface area contributed by atoms with E-state index in [2.05, 4.69) is 5.32 Å². The Kier molecular flexibility index (Phi) is 5.94. The van der Waals surface area contributed by atoms with Gasteiger partial charge in [-0.15, -0.1) is 0 Å². The van der Waals surface area contributed by atoms with E-state index in [9.17, 15) is 14.7 Å². The maximum atomic E-state index is 12.4. The SMILES string of the molecule is COc1ccc(C2C(C(C)=O)=C(O)C(=O)N2CCNCCO)cc1. The molecule has 1 aliphatic rings.